The van der Waals surface area contributed by atoms with Crippen LogP contribution in [0.5, 0.6) is 0 Å². The van der Waals surface area contributed by atoms with Crippen LogP contribution in [0.25, 0.3) is 0 Å². The van der Waals surface area contributed by atoms with Crippen molar-refractivity contribution in [3.63, 3.8) is 0 Å². The largest absolute Gasteiger partial charge is 0.336 e. The van der Waals surface area contributed by atoms with E-state index in [4.69, 9.17) is 0 Å². The molecule has 1 fully saturated rings. The minimum Gasteiger partial charge on any atom is -0.336 e. The van der Waals surface area contributed by atoms with Crippen LogP contribution in [0.15, 0.2) is 0 Å². The second-order valence-corrected chi connectivity index (χ2v) is 6.74. The highest BCUT2D eigenvalue weighted by atomic mass is 32.2. The Balaban J connectivity index is 2.54. The SMILES string of the molecule is CCC(C)NC(=O)N1CCCN(S(C)(=O)=O)CC1. The second-order valence-electron chi connectivity index (χ2n) is 4.76. The Hall–Kier alpha value is -0.820. The lowest BCUT2D eigenvalue weighted by molar-refractivity contribution is 0.196. The van der Waals surface area contributed by atoms with Crippen LogP contribution in [0, 0.1) is 0 Å². The molecule has 2 amide bonds. The van der Waals surface area contributed by atoms with E-state index in [-0.39, 0.29) is 12.1 Å². The molecule has 1 atom stereocenters. The molecular weight excluding hydrogens is 254 g/mol. The first-order chi connectivity index (χ1) is 8.34. The van der Waals surface area contributed by atoms with Crippen molar-refractivity contribution >= 4 is 16.1 Å². The van der Waals surface area contributed by atoms with Gasteiger partial charge in [0.05, 0.1) is 6.26 Å². The Bertz CT molecular complexity index is 383. The van der Waals surface area contributed by atoms with E-state index in [0.717, 1.165) is 6.42 Å². The smallest absolute Gasteiger partial charge is 0.317 e. The summed E-state index contributed by atoms with van der Waals surface area (Å²) in [6.45, 7) is 5.90. The lowest BCUT2D eigenvalue weighted by Gasteiger charge is -2.23. The molecule has 7 heteroatoms. The minimum absolute atomic E-state index is 0.0975. The number of carbonyl (C=O) groups excluding carboxylic acids is 1. The van der Waals surface area contributed by atoms with Gasteiger partial charge < -0.3 is 10.2 Å². The molecule has 0 bridgehead atoms. The first kappa shape index (κ1) is 15.2. The summed E-state index contributed by atoms with van der Waals surface area (Å²) in [7, 11) is -3.15. The topological polar surface area (TPSA) is 69.7 Å². The van der Waals surface area contributed by atoms with Gasteiger partial charge in [-0.25, -0.2) is 17.5 Å². The third kappa shape index (κ3) is 4.45. The van der Waals surface area contributed by atoms with Gasteiger partial charge in [0.1, 0.15) is 0 Å². The van der Waals surface area contributed by atoms with Gasteiger partial charge in [0.25, 0.3) is 0 Å². The van der Waals surface area contributed by atoms with Gasteiger partial charge in [-0.05, 0) is 19.8 Å². The highest BCUT2D eigenvalue weighted by Gasteiger charge is 2.23. The Morgan fingerprint density at radius 3 is 2.50 bits per heavy atom. The third-order valence-electron chi connectivity index (χ3n) is 3.19. The van der Waals surface area contributed by atoms with Gasteiger partial charge in [0.15, 0.2) is 0 Å². The van der Waals surface area contributed by atoms with Crippen LogP contribution in [-0.2, 0) is 10.0 Å². The Morgan fingerprint density at radius 1 is 1.28 bits per heavy atom. The van der Waals surface area contributed by atoms with Crippen molar-refractivity contribution in [3.8, 4) is 0 Å². The van der Waals surface area contributed by atoms with Crippen molar-refractivity contribution in [2.45, 2.75) is 32.7 Å². The summed E-state index contributed by atoms with van der Waals surface area (Å²) >= 11 is 0. The summed E-state index contributed by atoms with van der Waals surface area (Å²) in [6, 6.07) is 0.0477. The molecule has 0 aromatic heterocycles. The van der Waals surface area contributed by atoms with Crippen LogP contribution in [0.4, 0.5) is 4.79 Å². The number of nitrogens with zero attached hydrogens (tertiary/aromatic N) is 2. The summed E-state index contributed by atoms with van der Waals surface area (Å²) < 4.78 is 24.3. The maximum absolute atomic E-state index is 11.9. The first-order valence-corrected chi connectivity index (χ1v) is 8.20. The summed E-state index contributed by atoms with van der Waals surface area (Å²) in [5.74, 6) is 0. The average Bonchev–Trinajstić information content (AvgIpc) is 2.53. The molecule has 1 N–H and O–H groups in total. The third-order valence-corrected chi connectivity index (χ3v) is 4.50. The van der Waals surface area contributed by atoms with Gasteiger partial charge in [0.2, 0.25) is 10.0 Å². The summed E-state index contributed by atoms with van der Waals surface area (Å²) in [5, 5.41) is 2.90. The van der Waals surface area contributed by atoms with Crippen molar-refractivity contribution < 1.29 is 13.2 Å². The molecular formula is C11H23N3O3S. The molecule has 1 saturated heterocycles. The van der Waals surface area contributed by atoms with Crippen LogP contribution < -0.4 is 5.32 Å². The van der Waals surface area contributed by atoms with Crippen LogP contribution in [-0.4, -0.2) is 62.1 Å². The van der Waals surface area contributed by atoms with Crippen LogP contribution in [0.2, 0.25) is 0 Å². The fourth-order valence-corrected chi connectivity index (χ4v) is 2.71. The lowest BCUT2D eigenvalue weighted by Crippen LogP contribution is -2.45. The number of nitrogens with one attached hydrogen (secondary N) is 1. The molecule has 1 aliphatic heterocycles. The summed E-state index contributed by atoms with van der Waals surface area (Å²) in [6.07, 6.45) is 2.78. The number of rotatable bonds is 3. The Kier molecular flexibility index (Phi) is 5.40. The Labute approximate surface area is 109 Å². The van der Waals surface area contributed by atoms with E-state index >= 15 is 0 Å². The van der Waals surface area contributed by atoms with E-state index in [1.165, 1.54) is 10.6 Å². The van der Waals surface area contributed by atoms with E-state index in [2.05, 4.69) is 5.32 Å². The standard InChI is InChI=1S/C11H23N3O3S/c1-4-10(2)12-11(15)13-6-5-7-14(9-8-13)18(3,16)17/h10H,4-9H2,1-3H3,(H,12,15). The zero-order valence-corrected chi connectivity index (χ0v) is 12.2. The zero-order chi connectivity index (χ0) is 13.8. The normalized spacial score (nSPS) is 20.3. The molecule has 0 spiro atoms. The quantitative estimate of drug-likeness (QED) is 0.815. The lowest BCUT2D eigenvalue weighted by atomic mass is 10.3. The minimum atomic E-state index is -3.15. The fourth-order valence-electron chi connectivity index (χ4n) is 1.83. The van der Waals surface area contributed by atoms with Gasteiger partial charge in [-0.3, -0.25) is 0 Å². The van der Waals surface area contributed by atoms with Gasteiger partial charge in [-0.1, -0.05) is 6.92 Å². The molecule has 1 unspecified atom stereocenters. The first-order valence-electron chi connectivity index (χ1n) is 6.35. The van der Waals surface area contributed by atoms with Gasteiger partial charge in [-0.15, -0.1) is 0 Å². The predicted molar refractivity (Wildman–Crippen MR) is 70.9 cm³/mol. The molecule has 1 rings (SSSR count). The number of carbonyl (C=O) groups is 1. The average molecular weight is 277 g/mol. The van der Waals surface area contributed by atoms with Crippen LogP contribution in [0.1, 0.15) is 26.7 Å². The summed E-state index contributed by atoms with van der Waals surface area (Å²) in [4.78, 5) is 13.6. The Morgan fingerprint density at radius 2 is 1.94 bits per heavy atom. The van der Waals surface area contributed by atoms with Gasteiger partial charge >= 0.3 is 6.03 Å². The molecule has 18 heavy (non-hydrogen) atoms. The molecule has 0 radical (unpaired) electrons. The highest BCUT2D eigenvalue weighted by molar-refractivity contribution is 7.88. The van der Waals surface area contributed by atoms with Gasteiger partial charge in [-0.2, -0.15) is 0 Å². The fraction of sp³-hybridized carbons (Fsp3) is 0.909. The molecule has 0 aliphatic carbocycles. The maximum Gasteiger partial charge on any atom is 0.317 e. The van der Waals surface area contributed by atoms with Crippen molar-refractivity contribution in [1.82, 2.24) is 14.5 Å². The second kappa shape index (κ2) is 6.38. The van der Waals surface area contributed by atoms with Crippen molar-refractivity contribution in [3.05, 3.63) is 0 Å². The van der Waals surface area contributed by atoms with Crippen LogP contribution in [0.3, 0.4) is 0 Å². The van der Waals surface area contributed by atoms with E-state index in [9.17, 15) is 13.2 Å². The van der Waals surface area contributed by atoms with E-state index in [1.807, 2.05) is 13.8 Å². The van der Waals surface area contributed by atoms with E-state index in [1.54, 1.807) is 4.90 Å². The highest BCUT2D eigenvalue weighted by Crippen LogP contribution is 2.07. The molecule has 0 aromatic carbocycles. The monoisotopic (exact) mass is 277 g/mol. The number of urea groups is 1. The molecule has 1 heterocycles. The molecule has 106 valence electrons. The summed E-state index contributed by atoms with van der Waals surface area (Å²) in [5.41, 5.74) is 0. The number of hydrogen-bond donors (Lipinski definition) is 1. The van der Waals surface area contributed by atoms with E-state index < -0.39 is 10.0 Å². The van der Waals surface area contributed by atoms with Crippen molar-refractivity contribution in [2.24, 2.45) is 0 Å². The maximum atomic E-state index is 11.9. The molecule has 1 aliphatic rings. The van der Waals surface area contributed by atoms with E-state index in [0.29, 0.717) is 32.6 Å². The molecule has 6 nitrogen and oxygen atoms in total. The number of hydrogen-bond acceptors (Lipinski definition) is 3. The molecule has 0 saturated carbocycles. The van der Waals surface area contributed by atoms with Gasteiger partial charge in [0, 0.05) is 32.2 Å². The predicted octanol–water partition coefficient (Wildman–Crippen LogP) is 0.462. The van der Waals surface area contributed by atoms with Crippen molar-refractivity contribution in [2.75, 3.05) is 32.4 Å². The number of sulfonamides is 1. The van der Waals surface area contributed by atoms with Crippen molar-refractivity contribution in [1.29, 1.82) is 0 Å². The zero-order valence-electron chi connectivity index (χ0n) is 11.3. The molecule has 0 aromatic rings. The number of amides is 2. The van der Waals surface area contributed by atoms with Crippen LogP contribution >= 0.6 is 0 Å².